The maximum atomic E-state index is 14.1. The first-order valence-electron chi connectivity index (χ1n) is 10.6. The minimum absolute atomic E-state index is 0.0427. The zero-order chi connectivity index (χ0) is 23.4. The number of rotatable bonds is 7. The number of esters is 2. The van der Waals surface area contributed by atoms with Crippen LogP contribution in [0.5, 0.6) is 0 Å². The molecule has 3 unspecified atom stereocenters. The highest BCUT2D eigenvalue weighted by atomic mass is 19.1. The van der Waals surface area contributed by atoms with Crippen LogP contribution >= 0.6 is 0 Å². The molecule has 0 spiro atoms. The van der Waals surface area contributed by atoms with Crippen molar-refractivity contribution in [2.45, 2.75) is 33.1 Å². The number of carbonyl (C=O) groups is 3. The standard InChI is InChI=1S/C24H28FNO6/c1-5-31-9-10-32-24(29)19-14(3)26-17-11-13(2)18(23(28)30-4)22(27)21(17)20(19)15-7-6-8-16(25)12-15/h6-8,12-13,18,20,26H,5,9-11H2,1-4H3. The number of dihydropyridines is 1. The van der Waals surface area contributed by atoms with E-state index in [-0.39, 0.29) is 30.3 Å². The van der Waals surface area contributed by atoms with E-state index >= 15 is 0 Å². The molecule has 0 aromatic heterocycles. The van der Waals surface area contributed by atoms with E-state index in [9.17, 15) is 18.8 Å². The minimum Gasteiger partial charge on any atom is -0.468 e. The quantitative estimate of drug-likeness (QED) is 0.392. The van der Waals surface area contributed by atoms with Crippen LogP contribution in [-0.4, -0.2) is 44.7 Å². The number of ketones is 1. The largest absolute Gasteiger partial charge is 0.468 e. The van der Waals surface area contributed by atoms with Crippen LogP contribution in [0.15, 0.2) is 46.8 Å². The van der Waals surface area contributed by atoms with Gasteiger partial charge in [0.25, 0.3) is 0 Å². The van der Waals surface area contributed by atoms with Crippen molar-refractivity contribution in [2.24, 2.45) is 11.8 Å². The third-order valence-corrected chi connectivity index (χ3v) is 5.81. The molecule has 2 aliphatic rings. The summed E-state index contributed by atoms with van der Waals surface area (Å²) in [6, 6.07) is 5.76. The van der Waals surface area contributed by atoms with E-state index in [1.165, 1.54) is 25.3 Å². The first-order valence-corrected chi connectivity index (χ1v) is 10.6. The molecule has 172 valence electrons. The van der Waals surface area contributed by atoms with Gasteiger partial charge in [0.15, 0.2) is 5.78 Å². The van der Waals surface area contributed by atoms with Gasteiger partial charge in [-0.1, -0.05) is 19.1 Å². The lowest BCUT2D eigenvalue weighted by molar-refractivity contribution is -0.151. The van der Waals surface area contributed by atoms with Crippen molar-refractivity contribution in [3.05, 3.63) is 58.2 Å². The van der Waals surface area contributed by atoms with Gasteiger partial charge in [-0.15, -0.1) is 0 Å². The van der Waals surface area contributed by atoms with Crippen molar-refractivity contribution in [3.63, 3.8) is 0 Å². The average molecular weight is 445 g/mol. The van der Waals surface area contributed by atoms with Crippen molar-refractivity contribution in [1.82, 2.24) is 5.32 Å². The summed E-state index contributed by atoms with van der Waals surface area (Å²) in [6.07, 6.45) is 0.413. The van der Waals surface area contributed by atoms with Crippen LogP contribution in [0.25, 0.3) is 0 Å². The highest BCUT2D eigenvalue weighted by molar-refractivity contribution is 6.12. The van der Waals surface area contributed by atoms with Crippen molar-refractivity contribution in [3.8, 4) is 0 Å². The Hall–Kier alpha value is -3.00. The molecule has 8 heteroatoms. The molecule has 7 nitrogen and oxygen atoms in total. The number of methoxy groups -OCH3 is 1. The maximum Gasteiger partial charge on any atom is 0.336 e. The Balaban J connectivity index is 2.07. The van der Waals surface area contributed by atoms with Gasteiger partial charge >= 0.3 is 11.9 Å². The van der Waals surface area contributed by atoms with E-state index in [2.05, 4.69) is 5.32 Å². The molecule has 1 aromatic carbocycles. The van der Waals surface area contributed by atoms with Gasteiger partial charge in [0, 0.05) is 29.5 Å². The van der Waals surface area contributed by atoms with Crippen LogP contribution in [0, 0.1) is 17.7 Å². The topological polar surface area (TPSA) is 90.9 Å². The van der Waals surface area contributed by atoms with E-state index in [0.717, 1.165) is 0 Å². The van der Waals surface area contributed by atoms with Crippen LogP contribution in [0.4, 0.5) is 4.39 Å². The second-order valence-corrected chi connectivity index (χ2v) is 7.92. The van der Waals surface area contributed by atoms with Crippen molar-refractivity contribution in [1.29, 1.82) is 0 Å². The number of Topliss-reactive ketones (excluding diaryl/α,β-unsaturated/α-hetero) is 1. The monoisotopic (exact) mass is 445 g/mol. The van der Waals surface area contributed by atoms with Gasteiger partial charge in [0.05, 0.1) is 19.3 Å². The fourth-order valence-corrected chi connectivity index (χ4v) is 4.39. The second-order valence-electron chi connectivity index (χ2n) is 7.92. The second kappa shape index (κ2) is 10.1. The Morgan fingerprint density at radius 1 is 1.25 bits per heavy atom. The zero-order valence-corrected chi connectivity index (χ0v) is 18.7. The van der Waals surface area contributed by atoms with Crippen LogP contribution in [-0.2, 0) is 28.6 Å². The Labute approximate surface area is 186 Å². The van der Waals surface area contributed by atoms with Gasteiger partial charge in [0.1, 0.15) is 18.3 Å². The van der Waals surface area contributed by atoms with Gasteiger partial charge in [0.2, 0.25) is 0 Å². The zero-order valence-electron chi connectivity index (χ0n) is 18.7. The molecular weight excluding hydrogens is 417 g/mol. The molecule has 0 fully saturated rings. The lowest BCUT2D eigenvalue weighted by Crippen LogP contribution is -2.43. The number of hydrogen-bond donors (Lipinski definition) is 1. The average Bonchev–Trinajstić information content (AvgIpc) is 2.75. The molecule has 3 rings (SSSR count). The van der Waals surface area contributed by atoms with Gasteiger partial charge in [-0.05, 0) is 43.9 Å². The third-order valence-electron chi connectivity index (χ3n) is 5.81. The molecule has 0 bridgehead atoms. The molecule has 0 amide bonds. The number of carbonyl (C=O) groups excluding carboxylic acids is 3. The normalized spacial score (nSPS) is 22.9. The first kappa shape index (κ1) is 23.7. The third kappa shape index (κ3) is 4.60. The Bertz CT molecular complexity index is 982. The SMILES string of the molecule is CCOCCOC(=O)C1=C(C)NC2=C(C(=O)C(C(=O)OC)C(C)C2)C1c1cccc(F)c1. The molecule has 1 aliphatic heterocycles. The van der Waals surface area contributed by atoms with E-state index in [1.807, 2.05) is 6.92 Å². The van der Waals surface area contributed by atoms with Crippen molar-refractivity contribution >= 4 is 17.7 Å². The molecule has 0 saturated heterocycles. The van der Waals surface area contributed by atoms with Crippen LogP contribution < -0.4 is 5.32 Å². The van der Waals surface area contributed by atoms with Crippen molar-refractivity contribution in [2.75, 3.05) is 26.9 Å². The first-order chi connectivity index (χ1) is 15.3. The van der Waals surface area contributed by atoms with E-state index in [4.69, 9.17) is 14.2 Å². The molecule has 1 aromatic rings. The summed E-state index contributed by atoms with van der Waals surface area (Å²) in [7, 11) is 1.24. The predicted molar refractivity (Wildman–Crippen MR) is 114 cm³/mol. The molecule has 0 saturated carbocycles. The lowest BCUT2D eigenvalue weighted by atomic mass is 9.69. The summed E-state index contributed by atoms with van der Waals surface area (Å²) in [5.41, 5.74) is 2.06. The number of ether oxygens (including phenoxy) is 3. The highest BCUT2D eigenvalue weighted by Gasteiger charge is 2.47. The molecule has 0 radical (unpaired) electrons. The number of allylic oxidation sites excluding steroid dienone is 3. The van der Waals surface area contributed by atoms with E-state index in [0.29, 0.717) is 30.0 Å². The molecular formula is C24H28FNO6. The number of benzene rings is 1. The molecule has 1 heterocycles. The van der Waals surface area contributed by atoms with Gasteiger partial charge in [-0.2, -0.15) is 0 Å². The van der Waals surface area contributed by atoms with Gasteiger partial charge in [-0.3, -0.25) is 9.59 Å². The maximum absolute atomic E-state index is 14.1. The summed E-state index contributed by atoms with van der Waals surface area (Å²) in [5.74, 6) is -4.33. The lowest BCUT2D eigenvalue weighted by Gasteiger charge is -2.38. The Morgan fingerprint density at radius 2 is 2.00 bits per heavy atom. The summed E-state index contributed by atoms with van der Waals surface area (Å²) >= 11 is 0. The summed E-state index contributed by atoms with van der Waals surface area (Å²) < 4.78 is 29.6. The smallest absolute Gasteiger partial charge is 0.336 e. The van der Waals surface area contributed by atoms with E-state index in [1.54, 1.807) is 19.9 Å². The van der Waals surface area contributed by atoms with E-state index < -0.39 is 35.4 Å². The number of nitrogens with one attached hydrogen (secondary N) is 1. The Kier molecular flexibility index (Phi) is 7.45. The molecule has 1 aliphatic carbocycles. The minimum atomic E-state index is -0.995. The molecule has 3 atom stereocenters. The van der Waals surface area contributed by atoms with Crippen LogP contribution in [0.2, 0.25) is 0 Å². The number of halogens is 1. The van der Waals surface area contributed by atoms with Crippen molar-refractivity contribution < 1.29 is 33.0 Å². The van der Waals surface area contributed by atoms with Gasteiger partial charge in [-0.25, -0.2) is 9.18 Å². The summed E-state index contributed by atoms with van der Waals surface area (Å²) in [4.78, 5) is 39.0. The highest BCUT2D eigenvalue weighted by Crippen LogP contribution is 2.45. The summed E-state index contributed by atoms with van der Waals surface area (Å²) in [5, 5.41) is 3.16. The molecule has 32 heavy (non-hydrogen) atoms. The summed E-state index contributed by atoms with van der Waals surface area (Å²) in [6.45, 7) is 6.13. The van der Waals surface area contributed by atoms with Crippen LogP contribution in [0.1, 0.15) is 38.7 Å². The predicted octanol–water partition coefficient (Wildman–Crippen LogP) is 3.02. The fraction of sp³-hybridized carbons (Fsp3) is 0.458. The number of hydrogen-bond acceptors (Lipinski definition) is 7. The molecule has 1 N–H and O–H groups in total. The fourth-order valence-electron chi connectivity index (χ4n) is 4.39. The van der Waals surface area contributed by atoms with Crippen LogP contribution in [0.3, 0.4) is 0 Å². The van der Waals surface area contributed by atoms with Gasteiger partial charge < -0.3 is 19.5 Å². The Morgan fingerprint density at radius 3 is 2.66 bits per heavy atom.